The van der Waals surface area contributed by atoms with Gasteiger partial charge in [0.1, 0.15) is 5.75 Å². The number of methoxy groups -OCH3 is 1. The van der Waals surface area contributed by atoms with Crippen LogP contribution >= 0.6 is 11.3 Å². The van der Waals surface area contributed by atoms with Gasteiger partial charge in [-0.3, -0.25) is 9.59 Å². The molecule has 1 aromatic carbocycles. The minimum absolute atomic E-state index is 0.0592. The van der Waals surface area contributed by atoms with Gasteiger partial charge in [-0.05, 0) is 25.1 Å². The molecule has 1 amide bonds. The van der Waals surface area contributed by atoms with Gasteiger partial charge in [0.25, 0.3) is 5.91 Å². The second-order valence-corrected chi connectivity index (χ2v) is 4.66. The Balaban J connectivity index is 2.25. The zero-order valence-corrected chi connectivity index (χ0v) is 11.3. The normalized spacial score (nSPS) is 10.0. The van der Waals surface area contributed by atoms with Gasteiger partial charge >= 0.3 is 0 Å². The molecule has 0 unspecified atom stereocenters. The topological polar surface area (TPSA) is 68.3 Å². The monoisotopic (exact) mass is 276 g/mol. The van der Waals surface area contributed by atoms with Crippen molar-refractivity contribution in [1.82, 2.24) is 4.98 Å². The predicted octanol–water partition coefficient (Wildman–Crippen LogP) is 2.61. The molecule has 5 nitrogen and oxygen atoms in total. The Morgan fingerprint density at radius 3 is 2.74 bits per heavy atom. The number of aromatic nitrogens is 1. The van der Waals surface area contributed by atoms with Crippen LogP contribution in [0, 0.1) is 0 Å². The fourth-order valence-corrected chi connectivity index (χ4v) is 2.06. The van der Waals surface area contributed by atoms with Crippen LogP contribution < -0.4 is 10.1 Å². The Morgan fingerprint density at radius 2 is 2.16 bits per heavy atom. The van der Waals surface area contributed by atoms with E-state index < -0.39 is 0 Å². The standard InChI is InChI=1S/C13H12N2O3S/c1-8(16)9-3-4-10(11(7-9)18-2)15-12(17)13-14-5-6-19-13/h3-7H,1-2H3,(H,15,17). The van der Waals surface area contributed by atoms with Crippen LogP contribution in [0.15, 0.2) is 29.8 Å². The molecule has 0 fully saturated rings. The van der Waals surface area contributed by atoms with Crippen molar-refractivity contribution >= 4 is 28.7 Å². The third-order valence-corrected chi connectivity index (χ3v) is 3.25. The van der Waals surface area contributed by atoms with Gasteiger partial charge in [-0.15, -0.1) is 11.3 Å². The minimum Gasteiger partial charge on any atom is -0.495 e. The van der Waals surface area contributed by atoms with Crippen LogP contribution in [0.3, 0.4) is 0 Å². The number of anilines is 1. The number of thiazole rings is 1. The number of Topliss-reactive ketones (excluding diaryl/α,β-unsaturated/α-hetero) is 1. The third kappa shape index (κ3) is 2.97. The molecule has 2 rings (SSSR count). The highest BCUT2D eigenvalue weighted by Gasteiger charge is 2.13. The molecule has 0 aliphatic heterocycles. The first kappa shape index (κ1) is 13.2. The van der Waals surface area contributed by atoms with Crippen molar-refractivity contribution in [3.8, 4) is 5.75 Å². The molecule has 0 saturated carbocycles. The molecule has 0 radical (unpaired) electrons. The molecule has 0 atom stereocenters. The summed E-state index contributed by atoms with van der Waals surface area (Å²) in [4.78, 5) is 27.1. The number of ether oxygens (including phenoxy) is 1. The van der Waals surface area contributed by atoms with Crippen molar-refractivity contribution in [1.29, 1.82) is 0 Å². The first-order chi connectivity index (χ1) is 9.11. The molecule has 0 bridgehead atoms. The quantitative estimate of drug-likeness (QED) is 0.871. The van der Waals surface area contributed by atoms with Crippen molar-refractivity contribution in [2.45, 2.75) is 6.92 Å². The second kappa shape index (κ2) is 5.62. The fourth-order valence-electron chi connectivity index (χ4n) is 1.52. The van der Waals surface area contributed by atoms with E-state index in [4.69, 9.17) is 4.74 Å². The summed E-state index contributed by atoms with van der Waals surface area (Å²) in [6.07, 6.45) is 1.57. The van der Waals surface area contributed by atoms with Gasteiger partial charge in [-0.1, -0.05) is 0 Å². The number of carbonyl (C=O) groups excluding carboxylic acids is 2. The zero-order valence-electron chi connectivity index (χ0n) is 10.5. The summed E-state index contributed by atoms with van der Waals surface area (Å²) in [5.74, 6) is 0.0811. The lowest BCUT2D eigenvalue weighted by Crippen LogP contribution is -2.12. The van der Waals surface area contributed by atoms with E-state index in [1.807, 2.05) is 0 Å². The van der Waals surface area contributed by atoms with E-state index in [1.54, 1.807) is 29.8 Å². The van der Waals surface area contributed by atoms with Crippen molar-refractivity contribution in [3.05, 3.63) is 40.3 Å². The number of hydrogen-bond acceptors (Lipinski definition) is 5. The van der Waals surface area contributed by atoms with Gasteiger partial charge < -0.3 is 10.1 Å². The largest absolute Gasteiger partial charge is 0.495 e. The van der Waals surface area contributed by atoms with E-state index in [9.17, 15) is 9.59 Å². The van der Waals surface area contributed by atoms with Crippen LogP contribution in [0.2, 0.25) is 0 Å². The Kier molecular flexibility index (Phi) is 3.91. The number of nitrogens with zero attached hydrogens (tertiary/aromatic N) is 1. The molecule has 1 aromatic heterocycles. The van der Waals surface area contributed by atoms with Crippen LogP contribution in [0.4, 0.5) is 5.69 Å². The van der Waals surface area contributed by atoms with E-state index in [0.717, 1.165) is 0 Å². The summed E-state index contributed by atoms with van der Waals surface area (Å²) in [6, 6.07) is 4.88. The number of nitrogens with one attached hydrogen (secondary N) is 1. The van der Waals surface area contributed by atoms with E-state index >= 15 is 0 Å². The summed E-state index contributed by atoms with van der Waals surface area (Å²) in [5.41, 5.74) is 1.04. The third-order valence-electron chi connectivity index (χ3n) is 2.48. The molecule has 98 valence electrons. The van der Waals surface area contributed by atoms with Gasteiger partial charge in [-0.25, -0.2) is 4.98 Å². The van der Waals surface area contributed by atoms with Crippen molar-refractivity contribution in [3.63, 3.8) is 0 Å². The number of hydrogen-bond donors (Lipinski definition) is 1. The first-order valence-electron chi connectivity index (χ1n) is 5.51. The van der Waals surface area contributed by atoms with Gasteiger partial charge in [0, 0.05) is 17.1 Å². The van der Waals surface area contributed by atoms with E-state index in [1.165, 1.54) is 25.4 Å². The van der Waals surface area contributed by atoms with Crippen LogP contribution in [-0.4, -0.2) is 23.8 Å². The smallest absolute Gasteiger partial charge is 0.284 e. The fraction of sp³-hybridized carbons (Fsp3) is 0.154. The number of amides is 1. The summed E-state index contributed by atoms with van der Waals surface area (Å²) in [6.45, 7) is 1.47. The molecular weight excluding hydrogens is 264 g/mol. The lowest BCUT2D eigenvalue weighted by atomic mass is 10.1. The molecule has 0 spiro atoms. The molecule has 0 saturated heterocycles. The number of ketones is 1. The van der Waals surface area contributed by atoms with Gasteiger partial charge in [-0.2, -0.15) is 0 Å². The molecule has 0 aliphatic carbocycles. The van der Waals surface area contributed by atoms with Crippen LogP contribution in [-0.2, 0) is 0 Å². The molecule has 1 N–H and O–H groups in total. The van der Waals surface area contributed by atoms with Crippen LogP contribution in [0.25, 0.3) is 0 Å². The second-order valence-electron chi connectivity index (χ2n) is 3.76. The summed E-state index contributed by atoms with van der Waals surface area (Å²) in [7, 11) is 1.48. The van der Waals surface area contributed by atoms with Crippen molar-refractivity contribution < 1.29 is 14.3 Å². The van der Waals surface area contributed by atoms with E-state index in [-0.39, 0.29) is 11.7 Å². The molecule has 6 heteroatoms. The molecule has 19 heavy (non-hydrogen) atoms. The van der Waals surface area contributed by atoms with Crippen molar-refractivity contribution in [2.24, 2.45) is 0 Å². The average Bonchev–Trinajstić information content (AvgIpc) is 2.92. The van der Waals surface area contributed by atoms with Gasteiger partial charge in [0.2, 0.25) is 0 Å². The Morgan fingerprint density at radius 1 is 1.37 bits per heavy atom. The van der Waals surface area contributed by atoms with E-state index in [0.29, 0.717) is 22.0 Å². The highest BCUT2D eigenvalue weighted by Crippen LogP contribution is 2.26. The van der Waals surface area contributed by atoms with Crippen molar-refractivity contribution in [2.75, 3.05) is 12.4 Å². The Hall–Kier alpha value is -2.21. The molecule has 2 aromatic rings. The Bertz CT molecular complexity index is 608. The summed E-state index contributed by atoms with van der Waals surface area (Å²) >= 11 is 1.25. The molecule has 1 heterocycles. The number of benzene rings is 1. The molecule has 0 aliphatic rings. The maximum atomic E-state index is 11.9. The van der Waals surface area contributed by atoms with Gasteiger partial charge in [0.15, 0.2) is 10.8 Å². The SMILES string of the molecule is COc1cc(C(C)=O)ccc1NC(=O)c1nccs1. The maximum absolute atomic E-state index is 11.9. The minimum atomic E-state index is -0.302. The number of rotatable bonds is 4. The van der Waals surface area contributed by atoms with Gasteiger partial charge in [0.05, 0.1) is 12.8 Å². The molecular formula is C13H12N2O3S. The summed E-state index contributed by atoms with van der Waals surface area (Å²) in [5, 5.41) is 4.80. The number of carbonyl (C=O) groups is 2. The highest BCUT2D eigenvalue weighted by molar-refractivity contribution is 7.11. The zero-order chi connectivity index (χ0) is 13.8. The first-order valence-corrected chi connectivity index (χ1v) is 6.39. The lowest BCUT2D eigenvalue weighted by molar-refractivity contribution is 0.101. The van der Waals surface area contributed by atoms with Crippen LogP contribution in [0.1, 0.15) is 27.1 Å². The maximum Gasteiger partial charge on any atom is 0.284 e. The Labute approximate surface area is 114 Å². The van der Waals surface area contributed by atoms with E-state index in [2.05, 4.69) is 10.3 Å². The van der Waals surface area contributed by atoms with Crippen LogP contribution in [0.5, 0.6) is 5.75 Å². The average molecular weight is 276 g/mol. The predicted molar refractivity (Wildman–Crippen MR) is 73.1 cm³/mol. The summed E-state index contributed by atoms with van der Waals surface area (Å²) < 4.78 is 5.17. The highest BCUT2D eigenvalue weighted by atomic mass is 32.1. The lowest BCUT2D eigenvalue weighted by Gasteiger charge is -2.10.